The van der Waals surface area contributed by atoms with Gasteiger partial charge in [-0.3, -0.25) is 0 Å². The van der Waals surface area contributed by atoms with Crippen molar-refractivity contribution in [2.75, 3.05) is 39.8 Å². The molecule has 1 amide bonds. The van der Waals surface area contributed by atoms with Gasteiger partial charge in [-0.2, -0.15) is 0 Å². The Hall–Kier alpha value is -0.810. The summed E-state index contributed by atoms with van der Waals surface area (Å²) in [6.07, 6.45) is 5.74. The molecule has 0 radical (unpaired) electrons. The first-order valence-electron chi connectivity index (χ1n) is 9.23. The van der Waals surface area contributed by atoms with Gasteiger partial charge in [0, 0.05) is 25.7 Å². The molecular weight excluding hydrogens is 290 g/mol. The van der Waals surface area contributed by atoms with E-state index in [1.54, 1.807) is 0 Å². The van der Waals surface area contributed by atoms with E-state index in [-0.39, 0.29) is 6.09 Å². The number of amides is 1. The maximum atomic E-state index is 12.2. The summed E-state index contributed by atoms with van der Waals surface area (Å²) in [6.45, 7) is 11.0. The largest absolute Gasteiger partial charge is 0.444 e. The molecule has 2 unspecified atom stereocenters. The van der Waals surface area contributed by atoms with Crippen LogP contribution in [-0.4, -0.2) is 67.3 Å². The molecular formula is C18H35N3O2. The number of ether oxygens (including phenoxy) is 1. The van der Waals surface area contributed by atoms with E-state index in [2.05, 4.69) is 17.3 Å². The smallest absolute Gasteiger partial charge is 0.410 e. The summed E-state index contributed by atoms with van der Waals surface area (Å²) in [5.74, 6) is 0.777. The zero-order valence-electron chi connectivity index (χ0n) is 15.4. The molecule has 0 bridgehead atoms. The Morgan fingerprint density at radius 3 is 2.57 bits per heavy atom. The van der Waals surface area contributed by atoms with Gasteiger partial charge in [0.15, 0.2) is 0 Å². The SMILES string of the molecule is CN1CCCC(CNC2CCCN(C(=O)OC(C)(C)C)CC2)C1. The highest BCUT2D eigenvalue weighted by Gasteiger charge is 2.25. The summed E-state index contributed by atoms with van der Waals surface area (Å²) in [5, 5.41) is 3.75. The second kappa shape index (κ2) is 8.34. The molecule has 2 heterocycles. The highest BCUT2D eigenvalue weighted by molar-refractivity contribution is 5.68. The Kier molecular flexibility index (Phi) is 6.72. The third kappa shape index (κ3) is 6.68. The van der Waals surface area contributed by atoms with E-state index in [9.17, 15) is 4.79 Å². The fourth-order valence-corrected chi connectivity index (χ4v) is 3.58. The standard InChI is InChI=1S/C18H35N3O2/c1-18(2,3)23-17(22)21-11-6-8-16(9-12-21)19-13-15-7-5-10-20(4)14-15/h15-16,19H,5-14H2,1-4H3. The average Bonchev–Trinajstić information content (AvgIpc) is 2.69. The third-order valence-electron chi connectivity index (χ3n) is 4.80. The number of nitrogens with zero attached hydrogens (tertiary/aromatic N) is 2. The fourth-order valence-electron chi connectivity index (χ4n) is 3.58. The first-order valence-corrected chi connectivity index (χ1v) is 9.23. The van der Waals surface area contributed by atoms with Crippen molar-refractivity contribution >= 4 is 6.09 Å². The van der Waals surface area contributed by atoms with E-state index in [1.807, 2.05) is 25.7 Å². The van der Waals surface area contributed by atoms with Crippen LogP contribution in [0.1, 0.15) is 52.9 Å². The van der Waals surface area contributed by atoms with Gasteiger partial charge in [0.25, 0.3) is 0 Å². The summed E-state index contributed by atoms with van der Waals surface area (Å²) in [4.78, 5) is 16.5. The number of rotatable bonds is 3. The van der Waals surface area contributed by atoms with Crippen LogP contribution in [0.4, 0.5) is 4.79 Å². The van der Waals surface area contributed by atoms with Gasteiger partial charge < -0.3 is 19.9 Å². The first-order chi connectivity index (χ1) is 10.8. The number of nitrogens with one attached hydrogen (secondary N) is 1. The van der Waals surface area contributed by atoms with Crippen LogP contribution in [0.2, 0.25) is 0 Å². The second-order valence-electron chi connectivity index (χ2n) is 8.27. The van der Waals surface area contributed by atoms with Gasteiger partial charge in [0.05, 0.1) is 0 Å². The maximum absolute atomic E-state index is 12.2. The highest BCUT2D eigenvalue weighted by Crippen LogP contribution is 2.18. The molecule has 134 valence electrons. The van der Waals surface area contributed by atoms with Crippen LogP contribution >= 0.6 is 0 Å². The third-order valence-corrected chi connectivity index (χ3v) is 4.80. The minimum Gasteiger partial charge on any atom is -0.444 e. The van der Waals surface area contributed by atoms with Gasteiger partial charge in [-0.15, -0.1) is 0 Å². The van der Waals surface area contributed by atoms with Crippen LogP contribution in [0.5, 0.6) is 0 Å². The van der Waals surface area contributed by atoms with Crippen LogP contribution in [0.3, 0.4) is 0 Å². The second-order valence-corrected chi connectivity index (χ2v) is 8.27. The number of piperidine rings is 1. The molecule has 1 N–H and O–H groups in total. The van der Waals surface area contributed by atoms with Crippen molar-refractivity contribution in [2.24, 2.45) is 5.92 Å². The van der Waals surface area contributed by atoms with Crippen molar-refractivity contribution < 1.29 is 9.53 Å². The highest BCUT2D eigenvalue weighted by atomic mass is 16.6. The van der Waals surface area contributed by atoms with Crippen molar-refractivity contribution in [1.29, 1.82) is 0 Å². The lowest BCUT2D eigenvalue weighted by Crippen LogP contribution is -2.41. The summed E-state index contributed by atoms with van der Waals surface area (Å²) in [5.41, 5.74) is -0.409. The van der Waals surface area contributed by atoms with Crippen LogP contribution < -0.4 is 5.32 Å². The van der Waals surface area contributed by atoms with Crippen molar-refractivity contribution in [3.05, 3.63) is 0 Å². The molecule has 0 aromatic heterocycles. The lowest BCUT2D eigenvalue weighted by atomic mass is 9.97. The van der Waals surface area contributed by atoms with Crippen LogP contribution in [0.15, 0.2) is 0 Å². The summed E-state index contributed by atoms with van der Waals surface area (Å²) in [7, 11) is 2.22. The molecule has 0 aliphatic carbocycles. The van der Waals surface area contributed by atoms with Gasteiger partial charge in [-0.05, 0) is 78.9 Å². The van der Waals surface area contributed by atoms with Gasteiger partial charge >= 0.3 is 6.09 Å². The van der Waals surface area contributed by atoms with Gasteiger partial charge in [0.2, 0.25) is 0 Å². The predicted molar refractivity (Wildman–Crippen MR) is 93.7 cm³/mol. The van der Waals surface area contributed by atoms with Crippen LogP contribution in [-0.2, 0) is 4.74 Å². The molecule has 2 rings (SSSR count). The van der Waals surface area contributed by atoms with Crippen molar-refractivity contribution in [3.63, 3.8) is 0 Å². The van der Waals surface area contributed by atoms with E-state index < -0.39 is 5.60 Å². The predicted octanol–water partition coefficient (Wildman–Crippen LogP) is 2.71. The van der Waals surface area contributed by atoms with E-state index in [0.717, 1.165) is 44.8 Å². The molecule has 2 saturated heterocycles. The molecule has 2 atom stereocenters. The average molecular weight is 325 g/mol. The zero-order chi connectivity index (χ0) is 16.9. The van der Waals surface area contributed by atoms with Crippen LogP contribution in [0.25, 0.3) is 0 Å². The molecule has 0 aromatic rings. The van der Waals surface area contributed by atoms with E-state index in [4.69, 9.17) is 4.74 Å². The fraction of sp³-hybridized carbons (Fsp3) is 0.944. The summed E-state index contributed by atoms with van der Waals surface area (Å²) in [6, 6.07) is 0.537. The van der Waals surface area contributed by atoms with E-state index in [0.29, 0.717) is 6.04 Å². The number of likely N-dealkylation sites (tertiary alicyclic amines) is 2. The van der Waals surface area contributed by atoms with Crippen LogP contribution in [0, 0.1) is 5.92 Å². The molecule has 2 aliphatic heterocycles. The van der Waals surface area contributed by atoms with Gasteiger partial charge in [-0.1, -0.05) is 0 Å². The number of hydrogen-bond acceptors (Lipinski definition) is 4. The molecule has 2 fully saturated rings. The zero-order valence-corrected chi connectivity index (χ0v) is 15.4. The monoisotopic (exact) mass is 325 g/mol. The minimum absolute atomic E-state index is 0.160. The van der Waals surface area contributed by atoms with Gasteiger partial charge in [0.1, 0.15) is 5.60 Å². The maximum Gasteiger partial charge on any atom is 0.410 e. The van der Waals surface area contributed by atoms with Crippen molar-refractivity contribution in [2.45, 2.75) is 64.5 Å². The lowest BCUT2D eigenvalue weighted by molar-refractivity contribution is 0.0256. The van der Waals surface area contributed by atoms with Crippen molar-refractivity contribution in [1.82, 2.24) is 15.1 Å². The Bertz CT molecular complexity index is 381. The van der Waals surface area contributed by atoms with E-state index in [1.165, 1.54) is 25.9 Å². The minimum atomic E-state index is -0.409. The molecule has 5 nitrogen and oxygen atoms in total. The number of carbonyl (C=O) groups excluding carboxylic acids is 1. The Balaban J connectivity index is 1.72. The molecule has 0 aromatic carbocycles. The molecule has 0 spiro atoms. The summed E-state index contributed by atoms with van der Waals surface area (Å²) < 4.78 is 5.50. The molecule has 0 saturated carbocycles. The quantitative estimate of drug-likeness (QED) is 0.866. The Morgan fingerprint density at radius 2 is 1.87 bits per heavy atom. The molecule has 5 heteroatoms. The molecule has 23 heavy (non-hydrogen) atoms. The first kappa shape index (κ1) is 18.5. The summed E-state index contributed by atoms with van der Waals surface area (Å²) >= 11 is 0. The topological polar surface area (TPSA) is 44.8 Å². The Morgan fingerprint density at radius 1 is 1.13 bits per heavy atom. The normalized spacial score (nSPS) is 27.6. The van der Waals surface area contributed by atoms with Crippen molar-refractivity contribution in [3.8, 4) is 0 Å². The number of hydrogen-bond donors (Lipinski definition) is 1. The molecule has 2 aliphatic rings. The van der Waals surface area contributed by atoms with Gasteiger partial charge in [-0.25, -0.2) is 4.79 Å². The van der Waals surface area contributed by atoms with E-state index >= 15 is 0 Å². The number of carbonyl (C=O) groups is 1. The lowest BCUT2D eigenvalue weighted by Gasteiger charge is -2.31. The Labute approximate surface area is 141 Å².